The molecule has 2 heterocycles. The first-order valence-electron chi connectivity index (χ1n) is 24.0. The third-order valence-electron chi connectivity index (χ3n) is 13.9. The van der Waals surface area contributed by atoms with E-state index in [9.17, 15) is 0 Å². The van der Waals surface area contributed by atoms with E-state index in [-0.39, 0.29) is 28.1 Å². The van der Waals surface area contributed by atoms with Gasteiger partial charge >= 0.3 is 0 Å². The van der Waals surface area contributed by atoms with E-state index in [1.807, 2.05) is 0 Å². The summed E-state index contributed by atoms with van der Waals surface area (Å²) in [6.45, 7) is 30.1. The zero-order valence-electron chi connectivity index (χ0n) is 41.2. The molecule has 10 aromatic rings. The minimum Gasteiger partial charge on any atom is -0.455 e. The number of fused-ring (bicyclic) bond motifs is 7. The molecule has 0 aliphatic carbocycles. The number of benzene rings is 8. The van der Waals surface area contributed by atoms with Crippen LogP contribution in [0.3, 0.4) is 0 Å². The molecule has 0 aliphatic heterocycles. The molecular weight excluding hydrogens is 801 g/mol. The van der Waals surface area contributed by atoms with Gasteiger partial charge in [-0.25, -0.2) is 4.98 Å². The smallest absolute Gasteiger partial charge is 0.149 e. The van der Waals surface area contributed by atoms with Crippen LogP contribution in [0.2, 0.25) is 0 Å². The molecule has 0 aliphatic rings. The summed E-state index contributed by atoms with van der Waals surface area (Å²) >= 11 is 0. The molecule has 0 fully saturated rings. The number of aromatic nitrogens is 2. The molecule has 0 atom stereocenters. The Kier molecular flexibility index (Phi) is 10.3. The number of hydrogen-bond acceptors (Lipinski definition) is 2. The third kappa shape index (κ3) is 7.41. The van der Waals surface area contributed by atoms with Crippen molar-refractivity contribution in [2.45, 2.75) is 118 Å². The Morgan fingerprint density at radius 3 is 1.67 bits per heavy atom. The van der Waals surface area contributed by atoms with Crippen LogP contribution in [0.15, 0.2) is 144 Å². The lowest BCUT2D eigenvalue weighted by atomic mass is 9.79. The molecule has 0 N–H and O–H groups in total. The van der Waals surface area contributed by atoms with Crippen molar-refractivity contribution in [2.24, 2.45) is 0 Å². The van der Waals surface area contributed by atoms with Crippen LogP contribution in [0.1, 0.15) is 130 Å². The normalized spacial score (nSPS) is 12.9. The lowest BCUT2D eigenvalue weighted by Crippen LogP contribution is -2.16. The van der Waals surface area contributed by atoms with Gasteiger partial charge in [-0.1, -0.05) is 187 Å². The molecule has 0 bridgehead atoms. The number of rotatable bonds is 6. The van der Waals surface area contributed by atoms with Crippen molar-refractivity contribution in [1.82, 2.24) is 9.55 Å². The fraction of sp³-hybridized carbons (Fsp3) is 0.286. The van der Waals surface area contributed by atoms with Crippen LogP contribution in [-0.4, -0.2) is 9.55 Å². The van der Waals surface area contributed by atoms with Crippen LogP contribution in [-0.2, 0) is 16.2 Å². The molecule has 0 amide bonds. The summed E-state index contributed by atoms with van der Waals surface area (Å²) in [6, 6.07) is 52.2. The Morgan fingerprint density at radius 1 is 0.485 bits per heavy atom. The molecule has 0 saturated heterocycles. The first-order valence-corrected chi connectivity index (χ1v) is 24.0. The van der Waals surface area contributed by atoms with Gasteiger partial charge in [-0.15, -0.1) is 0 Å². The molecule has 3 heteroatoms. The molecule has 10 rings (SSSR count). The highest BCUT2D eigenvalue weighted by atomic mass is 16.3. The monoisotopic (exact) mass is 865 g/mol. The van der Waals surface area contributed by atoms with Gasteiger partial charge < -0.3 is 4.42 Å². The summed E-state index contributed by atoms with van der Waals surface area (Å²) in [5.74, 6) is 1.36. The number of para-hydroxylation sites is 2. The van der Waals surface area contributed by atoms with E-state index in [1.165, 1.54) is 77.3 Å². The van der Waals surface area contributed by atoms with E-state index in [2.05, 4.69) is 234 Å². The molecule has 0 unspecified atom stereocenters. The van der Waals surface area contributed by atoms with Gasteiger partial charge in [-0.3, -0.25) is 4.57 Å². The second-order valence-electron chi connectivity index (χ2n) is 22.5. The summed E-state index contributed by atoms with van der Waals surface area (Å²) in [7, 11) is 0. The van der Waals surface area contributed by atoms with Crippen LogP contribution in [0.4, 0.5) is 0 Å². The van der Waals surface area contributed by atoms with Crippen molar-refractivity contribution in [3.05, 3.63) is 167 Å². The number of hydrogen-bond donors (Lipinski definition) is 0. The lowest BCUT2D eigenvalue weighted by Gasteiger charge is -2.26. The van der Waals surface area contributed by atoms with Crippen LogP contribution in [0.25, 0.3) is 93.8 Å². The Bertz CT molecular complexity index is 3450. The van der Waals surface area contributed by atoms with Crippen molar-refractivity contribution in [3.63, 3.8) is 0 Å². The minimum absolute atomic E-state index is 0.0530. The lowest BCUT2D eigenvalue weighted by molar-refractivity contribution is 0.569. The molecule has 0 radical (unpaired) electrons. The molecule has 2 aromatic heterocycles. The zero-order valence-corrected chi connectivity index (χ0v) is 41.2. The van der Waals surface area contributed by atoms with Crippen molar-refractivity contribution in [2.75, 3.05) is 0 Å². The van der Waals surface area contributed by atoms with Gasteiger partial charge in [0.1, 0.15) is 17.0 Å². The maximum atomic E-state index is 7.18. The fourth-order valence-corrected chi connectivity index (χ4v) is 10.1. The molecule has 3 nitrogen and oxygen atoms in total. The summed E-state index contributed by atoms with van der Waals surface area (Å²) in [4.78, 5) is 5.53. The predicted molar refractivity (Wildman–Crippen MR) is 284 cm³/mol. The van der Waals surface area contributed by atoms with Gasteiger partial charge in [0, 0.05) is 10.8 Å². The van der Waals surface area contributed by atoms with Gasteiger partial charge in [0.25, 0.3) is 0 Å². The van der Waals surface area contributed by atoms with E-state index in [0.29, 0.717) is 0 Å². The SMILES string of the molecule is CC(C)c1cc(-c2ccc(-c3cc(C(C)(C)C)cc(C(C)(C)C)c3)cc2)cc(C(C)C)c1-n1c(-c2ccc(C(C)(C)C)c3c2oc2cc4c(ccc5ccccc54)cc23)nc2ccccc21. The van der Waals surface area contributed by atoms with Crippen LogP contribution in [0.5, 0.6) is 0 Å². The van der Waals surface area contributed by atoms with Gasteiger partial charge in [-0.05, 0) is 142 Å². The Morgan fingerprint density at radius 2 is 1.06 bits per heavy atom. The quantitative estimate of drug-likeness (QED) is 0.156. The summed E-state index contributed by atoms with van der Waals surface area (Å²) in [5.41, 5.74) is 17.6. The molecule has 0 saturated carbocycles. The van der Waals surface area contributed by atoms with Gasteiger partial charge in [0.15, 0.2) is 0 Å². The van der Waals surface area contributed by atoms with E-state index in [4.69, 9.17) is 9.40 Å². The van der Waals surface area contributed by atoms with Crippen molar-refractivity contribution < 1.29 is 4.42 Å². The van der Waals surface area contributed by atoms with Crippen molar-refractivity contribution in [3.8, 4) is 39.3 Å². The summed E-state index contributed by atoms with van der Waals surface area (Å²) in [5, 5.41) is 7.18. The Labute approximate surface area is 391 Å². The van der Waals surface area contributed by atoms with Crippen molar-refractivity contribution in [1.29, 1.82) is 0 Å². The Balaban J connectivity index is 1.18. The van der Waals surface area contributed by atoms with E-state index in [1.54, 1.807) is 0 Å². The van der Waals surface area contributed by atoms with Gasteiger partial charge in [0.2, 0.25) is 0 Å². The molecule has 8 aromatic carbocycles. The van der Waals surface area contributed by atoms with E-state index < -0.39 is 0 Å². The van der Waals surface area contributed by atoms with Crippen LogP contribution >= 0.6 is 0 Å². The number of imidazole rings is 1. The highest BCUT2D eigenvalue weighted by molar-refractivity contribution is 6.18. The third-order valence-corrected chi connectivity index (χ3v) is 13.9. The predicted octanol–water partition coefficient (Wildman–Crippen LogP) is 18.4. The van der Waals surface area contributed by atoms with E-state index in [0.717, 1.165) is 44.4 Å². The van der Waals surface area contributed by atoms with Gasteiger partial charge in [-0.2, -0.15) is 0 Å². The van der Waals surface area contributed by atoms with E-state index >= 15 is 0 Å². The number of furan rings is 1. The van der Waals surface area contributed by atoms with Crippen LogP contribution < -0.4 is 0 Å². The fourth-order valence-electron chi connectivity index (χ4n) is 10.1. The largest absolute Gasteiger partial charge is 0.455 e. The molecular formula is C63H64N2O. The highest BCUT2D eigenvalue weighted by Crippen LogP contribution is 2.46. The average molecular weight is 865 g/mol. The molecule has 332 valence electrons. The maximum absolute atomic E-state index is 7.18. The average Bonchev–Trinajstić information content (AvgIpc) is 3.85. The second kappa shape index (κ2) is 15.6. The first-order chi connectivity index (χ1) is 31.3. The second-order valence-corrected chi connectivity index (χ2v) is 22.5. The minimum atomic E-state index is -0.123. The highest BCUT2D eigenvalue weighted by Gasteiger charge is 2.29. The van der Waals surface area contributed by atoms with Crippen molar-refractivity contribution >= 4 is 54.5 Å². The summed E-state index contributed by atoms with van der Waals surface area (Å²) in [6.07, 6.45) is 0. The number of nitrogens with zero attached hydrogens (tertiary/aromatic N) is 2. The Hall–Kier alpha value is -6.45. The topological polar surface area (TPSA) is 31.0 Å². The van der Waals surface area contributed by atoms with Gasteiger partial charge in [0.05, 0.1) is 22.3 Å². The zero-order chi connectivity index (χ0) is 46.6. The van der Waals surface area contributed by atoms with Crippen LogP contribution in [0, 0.1) is 0 Å². The standard InChI is InChI=1S/C63H64N2O/c1-37(2)49-33-44(40-24-22-39(23-25-40)43-30-45(61(5,6)7)35-46(31-43)62(8,9)10)34-50(38(3)4)58(49)65-55-21-17-16-20-54(55)64-60(65)48-28-29-53(63(11,12)13)57-52-32-42-27-26-41-18-14-15-19-47(41)51(42)36-56(52)66-59(48)57/h14-38H,1-13H3. The molecule has 0 spiro atoms. The first kappa shape index (κ1) is 43.4. The summed E-state index contributed by atoms with van der Waals surface area (Å²) < 4.78 is 9.63. The maximum Gasteiger partial charge on any atom is 0.149 e. The molecule has 66 heavy (non-hydrogen) atoms.